The number of hydrogen-bond acceptors (Lipinski definition) is 5. The predicted molar refractivity (Wildman–Crippen MR) is 53.0 cm³/mol. The Morgan fingerprint density at radius 1 is 1.33 bits per heavy atom. The summed E-state index contributed by atoms with van der Waals surface area (Å²) < 4.78 is 0. The molecule has 1 amide bonds. The number of nitrogens with two attached hydrogens (primary N) is 1. The second-order valence-electron chi connectivity index (χ2n) is 2.78. The number of aromatic amines is 1. The maximum absolute atomic E-state index is 11.6. The van der Waals surface area contributed by atoms with Crippen molar-refractivity contribution in [1.29, 1.82) is 0 Å². The van der Waals surface area contributed by atoms with Crippen molar-refractivity contribution >= 4 is 17.3 Å². The van der Waals surface area contributed by atoms with Gasteiger partial charge in [0.1, 0.15) is 12.0 Å². The van der Waals surface area contributed by atoms with Crippen molar-refractivity contribution in [1.82, 2.24) is 20.2 Å². The highest BCUT2D eigenvalue weighted by Gasteiger charge is 2.11. The number of aromatic nitrogens is 4. The molecule has 0 aliphatic carbocycles. The van der Waals surface area contributed by atoms with Gasteiger partial charge in [0.15, 0.2) is 0 Å². The molecule has 0 aliphatic rings. The summed E-state index contributed by atoms with van der Waals surface area (Å²) in [5, 5.41) is 8.71. The van der Waals surface area contributed by atoms with Crippen LogP contribution in [0.3, 0.4) is 0 Å². The molecule has 2 heterocycles. The molecule has 0 fully saturated rings. The van der Waals surface area contributed by atoms with E-state index >= 15 is 0 Å². The molecule has 0 atom stereocenters. The summed E-state index contributed by atoms with van der Waals surface area (Å²) in [4.78, 5) is 19.1. The number of H-pyrrole nitrogens is 1. The predicted octanol–water partition coefficient (Wildman–Crippen LogP) is 0.0342. The minimum Gasteiger partial charge on any atom is -0.396 e. The van der Waals surface area contributed by atoms with E-state index in [0.29, 0.717) is 11.4 Å². The molecule has 0 unspecified atom stereocenters. The number of carbonyl (C=O) groups is 1. The molecule has 76 valence electrons. The fourth-order valence-electron chi connectivity index (χ4n) is 1.03. The third-order valence-electron chi connectivity index (χ3n) is 1.71. The second kappa shape index (κ2) is 3.74. The number of nitrogen functional groups attached to an aromatic ring is 1. The Labute approximate surface area is 84.7 Å². The Bertz CT molecular complexity index is 465. The van der Waals surface area contributed by atoms with Crippen molar-refractivity contribution in [2.75, 3.05) is 11.1 Å². The van der Waals surface area contributed by atoms with Gasteiger partial charge in [0, 0.05) is 0 Å². The number of nitrogens with one attached hydrogen (secondary N) is 2. The molecular weight excluding hydrogens is 196 g/mol. The summed E-state index contributed by atoms with van der Waals surface area (Å²) in [5.74, 6) is -0.375. The van der Waals surface area contributed by atoms with Crippen molar-refractivity contribution in [3.05, 3.63) is 30.6 Å². The van der Waals surface area contributed by atoms with Gasteiger partial charge in [-0.05, 0) is 0 Å². The lowest BCUT2D eigenvalue weighted by atomic mass is 10.3. The quantitative estimate of drug-likeness (QED) is 0.639. The zero-order valence-electron chi connectivity index (χ0n) is 7.64. The Kier molecular flexibility index (Phi) is 2.28. The highest BCUT2D eigenvalue weighted by Crippen LogP contribution is 2.09. The van der Waals surface area contributed by atoms with E-state index in [4.69, 9.17) is 5.73 Å². The highest BCUT2D eigenvalue weighted by molar-refractivity contribution is 6.05. The molecule has 0 spiro atoms. The van der Waals surface area contributed by atoms with Crippen LogP contribution in [0, 0.1) is 0 Å². The Morgan fingerprint density at radius 2 is 2.07 bits per heavy atom. The van der Waals surface area contributed by atoms with Gasteiger partial charge in [-0.15, -0.1) is 0 Å². The Morgan fingerprint density at radius 3 is 2.67 bits per heavy atom. The van der Waals surface area contributed by atoms with Gasteiger partial charge in [-0.3, -0.25) is 9.89 Å². The third-order valence-corrected chi connectivity index (χ3v) is 1.71. The number of hydrogen-bond donors (Lipinski definition) is 3. The average Bonchev–Trinajstić information content (AvgIpc) is 2.66. The fraction of sp³-hybridized carbons (Fsp3) is 0. The standard InChI is InChI=1S/C8H8N6O/c9-6-3-12-14-7(6)8(15)13-5-1-10-4-11-2-5/h1-4H,9H2,(H,12,14)(H,13,15). The van der Waals surface area contributed by atoms with Gasteiger partial charge in [0.05, 0.1) is 30.0 Å². The van der Waals surface area contributed by atoms with Crippen LogP contribution in [0.25, 0.3) is 0 Å². The van der Waals surface area contributed by atoms with E-state index in [1.165, 1.54) is 24.9 Å². The van der Waals surface area contributed by atoms with Crippen LogP contribution < -0.4 is 11.1 Å². The molecule has 0 aliphatic heterocycles. The molecule has 2 rings (SSSR count). The minimum absolute atomic E-state index is 0.221. The van der Waals surface area contributed by atoms with Gasteiger partial charge in [-0.25, -0.2) is 9.97 Å². The number of carbonyl (C=O) groups excluding carboxylic acids is 1. The van der Waals surface area contributed by atoms with E-state index < -0.39 is 0 Å². The zero-order chi connectivity index (χ0) is 10.7. The van der Waals surface area contributed by atoms with E-state index in [9.17, 15) is 4.79 Å². The van der Waals surface area contributed by atoms with Crippen LogP contribution in [0.4, 0.5) is 11.4 Å². The summed E-state index contributed by atoms with van der Waals surface area (Å²) >= 11 is 0. The first-order chi connectivity index (χ1) is 7.27. The Balaban J connectivity index is 2.15. The SMILES string of the molecule is Nc1cn[nH]c1C(=O)Nc1cncnc1. The summed E-state index contributed by atoms with van der Waals surface area (Å²) in [7, 11) is 0. The lowest BCUT2D eigenvalue weighted by molar-refractivity contribution is 0.102. The fourth-order valence-corrected chi connectivity index (χ4v) is 1.03. The van der Waals surface area contributed by atoms with Crippen LogP contribution in [0.15, 0.2) is 24.9 Å². The molecular formula is C8H8N6O. The summed E-state index contributed by atoms with van der Waals surface area (Å²) in [6.45, 7) is 0. The van der Waals surface area contributed by atoms with E-state index in [-0.39, 0.29) is 11.6 Å². The van der Waals surface area contributed by atoms with E-state index in [2.05, 4.69) is 25.5 Å². The van der Waals surface area contributed by atoms with Crippen molar-refractivity contribution in [3.8, 4) is 0 Å². The lowest BCUT2D eigenvalue weighted by Crippen LogP contribution is -2.14. The zero-order valence-corrected chi connectivity index (χ0v) is 7.64. The van der Waals surface area contributed by atoms with Gasteiger partial charge >= 0.3 is 0 Å². The molecule has 15 heavy (non-hydrogen) atoms. The van der Waals surface area contributed by atoms with Crippen molar-refractivity contribution in [2.45, 2.75) is 0 Å². The molecule has 2 aromatic rings. The van der Waals surface area contributed by atoms with Crippen LogP contribution in [0.1, 0.15) is 10.5 Å². The smallest absolute Gasteiger partial charge is 0.275 e. The second-order valence-corrected chi connectivity index (χ2v) is 2.78. The molecule has 4 N–H and O–H groups in total. The topological polar surface area (TPSA) is 110 Å². The number of nitrogens with zero attached hydrogens (tertiary/aromatic N) is 3. The Hall–Kier alpha value is -2.44. The van der Waals surface area contributed by atoms with E-state index in [1.807, 2.05) is 0 Å². The van der Waals surface area contributed by atoms with Crippen LogP contribution in [-0.2, 0) is 0 Å². The van der Waals surface area contributed by atoms with Crippen LogP contribution >= 0.6 is 0 Å². The highest BCUT2D eigenvalue weighted by atomic mass is 16.2. The number of rotatable bonds is 2. The molecule has 0 radical (unpaired) electrons. The van der Waals surface area contributed by atoms with E-state index in [1.54, 1.807) is 0 Å². The first-order valence-electron chi connectivity index (χ1n) is 4.12. The molecule has 0 saturated heterocycles. The van der Waals surface area contributed by atoms with Gasteiger partial charge in [-0.1, -0.05) is 0 Å². The minimum atomic E-state index is -0.375. The van der Waals surface area contributed by atoms with Crippen molar-refractivity contribution < 1.29 is 4.79 Å². The van der Waals surface area contributed by atoms with Crippen molar-refractivity contribution in [3.63, 3.8) is 0 Å². The first kappa shape index (κ1) is 9.13. The summed E-state index contributed by atoms with van der Waals surface area (Å²) in [6.07, 6.45) is 5.71. The normalized spacial score (nSPS) is 9.87. The van der Waals surface area contributed by atoms with Crippen LogP contribution in [-0.4, -0.2) is 26.1 Å². The average molecular weight is 204 g/mol. The third kappa shape index (κ3) is 1.90. The number of amides is 1. The molecule has 7 heteroatoms. The molecule has 2 aromatic heterocycles. The van der Waals surface area contributed by atoms with Gasteiger partial charge < -0.3 is 11.1 Å². The summed E-state index contributed by atoms with van der Waals surface area (Å²) in [6, 6.07) is 0. The maximum Gasteiger partial charge on any atom is 0.275 e. The van der Waals surface area contributed by atoms with Gasteiger partial charge in [0.2, 0.25) is 0 Å². The molecule has 0 saturated carbocycles. The van der Waals surface area contributed by atoms with Crippen LogP contribution in [0.2, 0.25) is 0 Å². The molecule has 0 aromatic carbocycles. The lowest BCUT2D eigenvalue weighted by Gasteiger charge is -2.01. The monoisotopic (exact) mass is 204 g/mol. The molecule has 7 nitrogen and oxygen atoms in total. The summed E-state index contributed by atoms with van der Waals surface area (Å²) in [5.41, 5.74) is 6.52. The van der Waals surface area contributed by atoms with Gasteiger partial charge in [-0.2, -0.15) is 5.10 Å². The number of anilines is 2. The molecule has 0 bridgehead atoms. The van der Waals surface area contributed by atoms with Crippen molar-refractivity contribution in [2.24, 2.45) is 0 Å². The van der Waals surface area contributed by atoms with Gasteiger partial charge in [0.25, 0.3) is 5.91 Å². The largest absolute Gasteiger partial charge is 0.396 e. The van der Waals surface area contributed by atoms with E-state index in [0.717, 1.165) is 0 Å². The first-order valence-corrected chi connectivity index (χ1v) is 4.12. The maximum atomic E-state index is 11.6. The van der Waals surface area contributed by atoms with Crippen LogP contribution in [0.5, 0.6) is 0 Å².